The monoisotopic (exact) mass is 621 g/mol. The van der Waals surface area contributed by atoms with Gasteiger partial charge in [-0.15, -0.1) is 5.10 Å². The zero-order chi connectivity index (χ0) is 28.6. The second-order valence-corrected chi connectivity index (χ2v) is 9.48. The normalized spacial score (nSPS) is 33.4. The summed E-state index contributed by atoms with van der Waals surface area (Å²) in [5.74, 6) is 0. The maximum atomic E-state index is 10.6. The molecule has 228 valence electrons. The summed E-state index contributed by atoms with van der Waals surface area (Å²) >= 11 is 0. The van der Waals surface area contributed by atoms with Crippen LogP contribution in [0.4, 0.5) is 0 Å². The molecule has 1 aromatic heterocycles. The van der Waals surface area contributed by atoms with Crippen molar-refractivity contribution in [2.24, 2.45) is 0 Å². The Labute approximate surface area is 246 Å². The molecule has 3 heterocycles. The fourth-order valence-electron chi connectivity index (χ4n) is 4.37. The second-order valence-electron chi connectivity index (χ2n) is 9.48. The fraction of sp³-hybridized carbons (Fsp3) is 0.538. The topological polar surface area (TPSA) is 209 Å². The van der Waals surface area contributed by atoms with Gasteiger partial charge in [-0.3, -0.25) is 4.68 Å². The van der Waals surface area contributed by atoms with E-state index in [1.807, 2.05) is 54.6 Å². The van der Waals surface area contributed by atoms with Crippen molar-refractivity contribution in [3.63, 3.8) is 0 Å². The van der Waals surface area contributed by atoms with Crippen molar-refractivity contribution < 1.29 is 71.8 Å². The Balaban J connectivity index is 0.000000696. The van der Waals surface area contributed by atoms with Crippen LogP contribution in [0.25, 0.3) is 0 Å². The van der Waals surface area contributed by atoms with E-state index < -0.39 is 74.6 Å². The van der Waals surface area contributed by atoms with Crippen LogP contribution in [-0.4, -0.2) is 125 Å². The first kappa shape index (κ1) is 33.4. The van der Waals surface area contributed by atoms with Crippen molar-refractivity contribution in [3.05, 3.63) is 72.1 Å². The molecule has 0 amide bonds. The maximum Gasteiger partial charge on any atom is 2.00 e. The van der Waals surface area contributed by atoms with Gasteiger partial charge in [0.05, 0.1) is 19.8 Å². The van der Waals surface area contributed by atoms with Crippen LogP contribution in [0.5, 0.6) is 0 Å². The van der Waals surface area contributed by atoms with Gasteiger partial charge >= 0.3 is 17.1 Å². The molecule has 0 aliphatic carbocycles. The van der Waals surface area contributed by atoms with Gasteiger partial charge in [-0.1, -0.05) is 5.21 Å². The minimum Gasteiger partial charge on any atom is -0.394 e. The molecule has 15 heteroatoms. The zero-order valence-electron chi connectivity index (χ0n) is 21.8. The smallest absolute Gasteiger partial charge is 0.394 e. The first-order chi connectivity index (χ1) is 19.3. The number of ether oxygens (including phenoxy) is 4. The van der Waals surface area contributed by atoms with Gasteiger partial charge in [0.15, 0.2) is 12.6 Å². The van der Waals surface area contributed by atoms with E-state index in [9.17, 15) is 35.7 Å². The minimum absolute atomic E-state index is 0. The number of nitrogens with zero attached hydrogens (tertiary/aromatic N) is 3. The number of hydrogen-bond donors (Lipinski definition) is 7. The Morgan fingerprint density at radius 1 is 0.829 bits per heavy atom. The van der Waals surface area contributed by atoms with Gasteiger partial charge in [0.2, 0.25) is 0 Å². The summed E-state index contributed by atoms with van der Waals surface area (Å²) in [6.07, 6.45) is -13.4. The van der Waals surface area contributed by atoms with Crippen LogP contribution in [0.2, 0.25) is 0 Å². The van der Waals surface area contributed by atoms with E-state index in [1.165, 1.54) is 0 Å². The maximum absolute atomic E-state index is 10.6. The molecule has 0 radical (unpaired) electrons. The van der Waals surface area contributed by atoms with Crippen molar-refractivity contribution in [2.45, 2.75) is 74.6 Å². The van der Waals surface area contributed by atoms with E-state index in [2.05, 4.69) is 10.3 Å². The number of aliphatic hydroxyl groups is 7. The van der Waals surface area contributed by atoms with Crippen molar-refractivity contribution in [2.75, 3.05) is 13.2 Å². The Morgan fingerprint density at radius 2 is 1.51 bits per heavy atom. The molecule has 2 aromatic carbocycles. The standard InChI is InChI=1S/C21H30N3O11.C5H5.Fe/c25-7-12-14(27)15(28)17(30)21(33-12)35-19-13(8-26)34-20(18(31)16(19)29)32-9-11-6-24(23-22-11)5-10-3-1-2-4-10;1-2-4-5-3-1;/h1-4,6,12-21,25-31H,5,7-9H2;1-5H;/q2*-1;+2/t12-,13-,14+,15+,16-,17-,18-,19-,20-,21+;;/m1../s1. The predicted molar refractivity (Wildman–Crippen MR) is 134 cm³/mol. The molecule has 2 fully saturated rings. The molecule has 2 aliphatic heterocycles. The molecule has 10 atom stereocenters. The summed E-state index contributed by atoms with van der Waals surface area (Å²) in [7, 11) is 0. The number of aliphatic hydroxyl groups excluding tert-OH is 7. The van der Waals surface area contributed by atoms with Gasteiger partial charge in [0, 0.05) is 12.7 Å². The molecule has 5 rings (SSSR count). The fourth-order valence-corrected chi connectivity index (χ4v) is 4.37. The summed E-state index contributed by atoms with van der Waals surface area (Å²) in [6.45, 7) is -0.911. The minimum atomic E-state index is -1.73. The van der Waals surface area contributed by atoms with Crippen LogP contribution in [0.3, 0.4) is 0 Å². The van der Waals surface area contributed by atoms with Crippen LogP contribution in [-0.2, 0) is 49.2 Å². The van der Waals surface area contributed by atoms with E-state index in [0.717, 1.165) is 5.56 Å². The molecule has 0 bridgehead atoms. The summed E-state index contributed by atoms with van der Waals surface area (Å²) in [4.78, 5) is 0. The van der Waals surface area contributed by atoms with Gasteiger partial charge < -0.3 is 54.7 Å². The van der Waals surface area contributed by atoms with Crippen LogP contribution in [0.1, 0.15) is 11.3 Å². The van der Waals surface area contributed by atoms with Gasteiger partial charge in [-0.05, 0) is 0 Å². The van der Waals surface area contributed by atoms with Crippen molar-refractivity contribution >= 4 is 0 Å². The van der Waals surface area contributed by atoms with Crippen LogP contribution in [0, 0.1) is 0 Å². The van der Waals surface area contributed by atoms with Crippen LogP contribution >= 0.6 is 0 Å². The van der Waals surface area contributed by atoms with Crippen molar-refractivity contribution in [1.29, 1.82) is 0 Å². The van der Waals surface area contributed by atoms with Gasteiger partial charge in [0.25, 0.3) is 0 Å². The van der Waals surface area contributed by atoms with E-state index in [1.54, 1.807) is 10.9 Å². The van der Waals surface area contributed by atoms with E-state index in [-0.39, 0.29) is 23.7 Å². The van der Waals surface area contributed by atoms with Gasteiger partial charge in [-0.2, -0.15) is 42.0 Å². The molecule has 2 saturated heterocycles. The molecule has 14 nitrogen and oxygen atoms in total. The average molecular weight is 621 g/mol. The zero-order valence-corrected chi connectivity index (χ0v) is 22.9. The molecule has 3 aromatic rings. The third kappa shape index (κ3) is 8.49. The Bertz CT molecular complexity index is 1080. The largest absolute Gasteiger partial charge is 2.00 e. The van der Waals surface area contributed by atoms with E-state index >= 15 is 0 Å². The quantitative estimate of drug-likeness (QED) is 0.0983. The van der Waals surface area contributed by atoms with Crippen LogP contribution in [0.15, 0.2) is 60.8 Å². The summed E-state index contributed by atoms with van der Waals surface area (Å²) in [5, 5.41) is 78.3. The average Bonchev–Trinajstić information content (AvgIpc) is 3.77. The molecule has 2 aliphatic rings. The van der Waals surface area contributed by atoms with Gasteiger partial charge in [0.1, 0.15) is 54.5 Å². The van der Waals surface area contributed by atoms with E-state index in [0.29, 0.717) is 12.2 Å². The first-order valence-electron chi connectivity index (χ1n) is 12.8. The SMILES string of the molecule is OC[C@H]1O[C@@H](O[C@H]2[C@H](O)[C@@H](O)[C@H](OCc3cn(Cc4cc[cH-]c4)nn3)O[C@@H]2CO)[C@H](O)[C@@H](O)[C@H]1O.[Fe+2].c1cc[cH-]c1. The molecule has 7 N–H and O–H groups in total. The molecule has 0 unspecified atom stereocenters. The molecule has 41 heavy (non-hydrogen) atoms. The second kappa shape index (κ2) is 16.0. The predicted octanol–water partition coefficient (Wildman–Crippen LogP) is -2.41. The summed E-state index contributed by atoms with van der Waals surface area (Å²) in [5.41, 5.74) is 1.50. The molecular formula is C26H35FeN3O11. The summed E-state index contributed by atoms with van der Waals surface area (Å²) in [6, 6.07) is 17.7. The number of aromatic nitrogens is 3. The number of hydrogen-bond acceptors (Lipinski definition) is 13. The third-order valence-electron chi connectivity index (χ3n) is 6.57. The van der Waals surface area contributed by atoms with Crippen LogP contribution < -0.4 is 0 Å². The molecular weight excluding hydrogens is 586 g/mol. The first-order valence-corrected chi connectivity index (χ1v) is 12.8. The number of rotatable bonds is 9. The summed E-state index contributed by atoms with van der Waals surface area (Å²) < 4.78 is 23.5. The molecule has 0 saturated carbocycles. The van der Waals surface area contributed by atoms with Crippen molar-refractivity contribution in [3.8, 4) is 0 Å². The van der Waals surface area contributed by atoms with E-state index in [4.69, 9.17) is 18.9 Å². The van der Waals surface area contributed by atoms with Crippen molar-refractivity contribution in [1.82, 2.24) is 15.0 Å². The Kier molecular flexibility index (Phi) is 13.0. The Morgan fingerprint density at radius 3 is 2.12 bits per heavy atom. The van der Waals surface area contributed by atoms with Gasteiger partial charge in [-0.25, -0.2) is 18.2 Å². The molecule has 0 spiro atoms. The Hall–Kier alpha value is -2.08. The third-order valence-corrected chi connectivity index (χ3v) is 6.57.